The molecule has 1 atom stereocenters. The van der Waals surface area contributed by atoms with Gasteiger partial charge in [0.05, 0.1) is 0 Å². The molecule has 1 aliphatic rings. The van der Waals surface area contributed by atoms with Gasteiger partial charge in [0.1, 0.15) is 17.6 Å². The van der Waals surface area contributed by atoms with Gasteiger partial charge in [-0.3, -0.25) is 0 Å². The Bertz CT molecular complexity index is 452. The molecule has 0 N–H and O–H groups in total. The van der Waals surface area contributed by atoms with E-state index in [2.05, 4.69) is 13.8 Å². The molecule has 3 heteroatoms. The van der Waals surface area contributed by atoms with Gasteiger partial charge in [-0.15, -0.1) is 0 Å². The lowest BCUT2D eigenvalue weighted by Crippen LogP contribution is -2.25. The van der Waals surface area contributed by atoms with Crippen LogP contribution >= 0.6 is 11.6 Å². The highest BCUT2D eigenvalue weighted by atomic mass is 35.5. The van der Waals surface area contributed by atoms with Crippen LogP contribution in [0.1, 0.15) is 44.2 Å². The first kappa shape index (κ1) is 12.4. The Labute approximate surface area is 107 Å². The average molecular weight is 253 g/mol. The van der Waals surface area contributed by atoms with E-state index in [-0.39, 0.29) is 11.5 Å². The number of hydrogen-bond donors (Lipinski definition) is 0. The summed E-state index contributed by atoms with van der Waals surface area (Å²) >= 11 is 6.12. The van der Waals surface area contributed by atoms with E-state index in [9.17, 15) is 4.79 Å². The van der Waals surface area contributed by atoms with Crippen molar-refractivity contribution in [2.24, 2.45) is 0 Å². The summed E-state index contributed by atoms with van der Waals surface area (Å²) in [5.74, 6) is 1.07. The predicted molar refractivity (Wildman–Crippen MR) is 69.0 cm³/mol. The van der Waals surface area contributed by atoms with Crippen molar-refractivity contribution in [1.29, 1.82) is 0 Å². The van der Waals surface area contributed by atoms with Crippen LogP contribution in [-0.2, 0) is 11.2 Å². The van der Waals surface area contributed by atoms with Crippen LogP contribution < -0.4 is 4.74 Å². The lowest BCUT2D eigenvalue weighted by atomic mass is 9.94. The predicted octanol–water partition coefficient (Wildman–Crippen LogP) is 3.75. The fraction of sp³-hybridized carbons (Fsp3) is 0.500. The lowest BCUT2D eigenvalue weighted by molar-refractivity contribution is -0.108. The molecule has 0 radical (unpaired) electrons. The normalized spacial score (nSPS) is 18.4. The summed E-state index contributed by atoms with van der Waals surface area (Å²) in [4.78, 5) is 10.6. The van der Waals surface area contributed by atoms with E-state index < -0.39 is 0 Å². The second-order valence-electron chi connectivity index (χ2n) is 5.33. The molecule has 92 valence electrons. The van der Waals surface area contributed by atoms with Crippen molar-refractivity contribution in [3.05, 3.63) is 28.3 Å². The van der Waals surface area contributed by atoms with Crippen LogP contribution in [0.25, 0.3) is 0 Å². The van der Waals surface area contributed by atoms with E-state index in [4.69, 9.17) is 16.3 Å². The Morgan fingerprint density at radius 1 is 1.53 bits per heavy atom. The summed E-state index contributed by atoms with van der Waals surface area (Å²) in [5.41, 5.74) is 2.02. The number of aldehydes is 1. The largest absolute Gasteiger partial charge is 0.487 e. The van der Waals surface area contributed by atoms with Crippen LogP contribution in [0.15, 0.2) is 12.1 Å². The number of halogens is 1. The molecule has 0 spiro atoms. The van der Waals surface area contributed by atoms with Crippen LogP contribution in [0.5, 0.6) is 5.75 Å². The summed E-state index contributed by atoms with van der Waals surface area (Å²) < 4.78 is 5.97. The van der Waals surface area contributed by atoms with Crippen molar-refractivity contribution in [2.45, 2.75) is 45.1 Å². The third-order valence-corrected chi connectivity index (χ3v) is 3.35. The molecule has 0 saturated carbocycles. The first-order chi connectivity index (χ1) is 7.93. The van der Waals surface area contributed by atoms with Gasteiger partial charge < -0.3 is 9.53 Å². The fourth-order valence-corrected chi connectivity index (χ4v) is 2.59. The maximum Gasteiger partial charge on any atom is 0.127 e. The Morgan fingerprint density at radius 2 is 2.24 bits per heavy atom. The van der Waals surface area contributed by atoms with E-state index in [0.717, 1.165) is 34.6 Å². The van der Waals surface area contributed by atoms with Gasteiger partial charge in [0.15, 0.2) is 0 Å². The minimum Gasteiger partial charge on any atom is -0.487 e. The van der Waals surface area contributed by atoms with Gasteiger partial charge in [0, 0.05) is 17.9 Å². The number of carbonyl (C=O) groups excluding carboxylic acids is 1. The Balaban J connectivity index is 2.45. The van der Waals surface area contributed by atoms with E-state index in [1.165, 1.54) is 0 Å². The number of ether oxygens (including phenoxy) is 1. The third kappa shape index (κ3) is 2.47. The molecular formula is C14H17ClO2. The van der Waals surface area contributed by atoms with Gasteiger partial charge >= 0.3 is 0 Å². The summed E-state index contributed by atoms with van der Waals surface area (Å²) in [6.07, 6.45) is 2.30. The van der Waals surface area contributed by atoms with E-state index in [1.54, 1.807) is 0 Å². The van der Waals surface area contributed by atoms with Gasteiger partial charge in [-0.25, -0.2) is 0 Å². The molecule has 1 aromatic rings. The molecule has 1 aromatic carbocycles. The molecule has 0 aliphatic carbocycles. The maximum absolute atomic E-state index is 10.6. The van der Waals surface area contributed by atoms with Crippen molar-refractivity contribution in [3.63, 3.8) is 0 Å². The topological polar surface area (TPSA) is 26.3 Å². The molecule has 1 heterocycles. The van der Waals surface area contributed by atoms with Crippen molar-refractivity contribution >= 4 is 17.9 Å². The fourth-order valence-electron chi connectivity index (χ4n) is 2.34. The number of fused-ring (bicyclic) bond motifs is 1. The minimum atomic E-state index is -0.178. The maximum atomic E-state index is 10.6. The van der Waals surface area contributed by atoms with Crippen LogP contribution in [0.3, 0.4) is 0 Å². The molecule has 0 amide bonds. The highest BCUT2D eigenvalue weighted by Gasteiger charge is 2.33. The molecular weight excluding hydrogens is 236 g/mol. The molecule has 1 aliphatic heterocycles. The van der Waals surface area contributed by atoms with Crippen LogP contribution in [-0.4, -0.2) is 11.9 Å². The van der Waals surface area contributed by atoms with Crippen LogP contribution in [0, 0.1) is 0 Å². The first-order valence-electron chi connectivity index (χ1n) is 5.88. The van der Waals surface area contributed by atoms with Gasteiger partial charge in [-0.2, -0.15) is 0 Å². The standard InChI is InChI=1S/C14H17ClO2/c1-9(4-5-16)12-7-11(15)6-10-8-14(2,3)17-13(10)12/h5-7,9H,4,8H2,1-3H3. The molecule has 17 heavy (non-hydrogen) atoms. The SMILES string of the molecule is CC(CC=O)c1cc(Cl)cc2c1OC(C)(C)C2. The third-order valence-electron chi connectivity index (χ3n) is 3.13. The molecule has 0 saturated heterocycles. The quantitative estimate of drug-likeness (QED) is 0.766. The summed E-state index contributed by atoms with van der Waals surface area (Å²) in [6, 6.07) is 3.87. The summed E-state index contributed by atoms with van der Waals surface area (Å²) in [5, 5.41) is 0.720. The van der Waals surface area contributed by atoms with Crippen molar-refractivity contribution in [1.82, 2.24) is 0 Å². The average Bonchev–Trinajstić information content (AvgIpc) is 2.51. The number of carbonyl (C=O) groups is 1. The highest BCUT2D eigenvalue weighted by molar-refractivity contribution is 6.30. The zero-order valence-electron chi connectivity index (χ0n) is 10.4. The molecule has 1 unspecified atom stereocenters. The first-order valence-corrected chi connectivity index (χ1v) is 6.26. The number of hydrogen-bond acceptors (Lipinski definition) is 2. The van der Waals surface area contributed by atoms with Crippen LogP contribution in [0.4, 0.5) is 0 Å². The highest BCUT2D eigenvalue weighted by Crippen LogP contribution is 2.42. The molecule has 0 aromatic heterocycles. The van der Waals surface area contributed by atoms with E-state index in [1.807, 2.05) is 19.1 Å². The molecule has 0 fully saturated rings. The zero-order valence-corrected chi connectivity index (χ0v) is 11.2. The zero-order chi connectivity index (χ0) is 12.6. The Kier molecular flexibility index (Phi) is 3.17. The van der Waals surface area contributed by atoms with Crippen molar-refractivity contribution < 1.29 is 9.53 Å². The van der Waals surface area contributed by atoms with Crippen molar-refractivity contribution in [2.75, 3.05) is 0 Å². The number of benzene rings is 1. The van der Waals surface area contributed by atoms with Gasteiger partial charge in [-0.05, 0) is 43.0 Å². The summed E-state index contributed by atoms with van der Waals surface area (Å²) in [7, 11) is 0. The number of rotatable bonds is 3. The van der Waals surface area contributed by atoms with Crippen molar-refractivity contribution in [3.8, 4) is 5.75 Å². The monoisotopic (exact) mass is 252 g/mol. The van der Waals surface area contributed by atoms with E-state index >= 15 is 0 Å². The van der Waals surface area contributed by atoms with E-state index in [0.29, 0.717) is 6.42 Å². The van der Waals surface area contributed by atoms with Gasteiger partial charge in [0.25, 0.3) is 0 Å². The van der Waals surface area contributed by atoms with Gasteiger partial charge in [-0.1, -0.05) is 18.5 Å². The Morgan fingerprint density at radius 3 is 2.88 bits per heavy atom. The smallest absolute Gasteiger partial charge is 0.127 e. The molecule has 2 rings (SSSR count). The second-order valence-corrected chi connectivity index (χ2v) is 5.76. The molecule has 0 bridgehead atoms. The Hall–Kier alpha value is -1.02. The lowest BCUT2D eigenvalue weighted by Gasteiger charge is -2.19. The van der Waals surface area contributed by atoms with Crippen LogP contribution in [0.2, 0.25) is 5.02 Å². The summed E-state index contributed by atoms with van der Waals surface area (Å²) in [6.45, 7) is 6.15. The second kappa shape index (κ2) is 4.34. The molecule has 2 nitrogen and oxygen atoms in total. The minimum absolute atomic E-state index is 0.147. The van der Waals surface area contributed by atoms with Gasteiger partial charge in [0.2, 0.25) is 0 Å².